The van der Waals surface area contributed by atoms with Crippen molar-refractivity contribution >= 4 is 18.0 Å². The van der Waals surface area contributed by atoms with Crippen LogP contribution in [0.3, 0.4) is 0 Å². The Kier molecular flexibility index (Phi) is 8.06. The molecule has 2 aliphatic carbocycles. The van der Waals surface area contributed by atoms with Gasteiger partial charge in [-0.2, -0.15) is 0 Å². The highest BCUT2D eigenvalue weighted by molar-refractivity contribution is 5.82. The van der Waals surface area contributed by atoms with Crippen LogP contribution in [0.4, 0.5) is 4.79 Å². The number of nitrogens with one attached hydrogen (secondary N) is 2. The topological polar surface area (TPSA) is 105 Å². The number of benzene rings is 2. The van der Waals surface area contributed by atoms with Gasteiger partial charge in [0.25, 0.3) is 0 Å². The number of carbonyl (C=O) groups excluding carboxylic acids is 2. The lowest BCUT2D eigenvalue weighted by molar-refractivity contribution is -0.138. The van der Waals surface area contributed by atoms with Gasteiger partial charge in [0.1, 0.15) is 6.61 Å². The molecule has 0 aromatic heterocycles. The number of hydrogen-bond donors (Lipinski definition) is 3. The molecule has 2 unspecified atom stereocenters. The van der Waals surface area contributed by atoms with Crippen molar-refractivity contribution in [1.82, 2.24) is 10.6 Å². The van der Waals surface area contributed by atoms with Crippen molar-refractivity contribution in [3.05, 3.63) is 59.7 Å². The van der Waals surface area contributed by atoms with Crippen molar-refractivity contribution in [3.63, 3.8) is 0 Å². The van der Waals surface area contributed by atoms with E-state index in [4.69, 9.17) is 9.84 Å². The van der Waals surface area contributed by atoms with Gasteiger partial charge in [0.05, 0.1) is 12.3 Å². The molecule has 0 heterocycles. The molecule has 7 nitrogen and oxygen atoms in total. The minimum absolute atomic E-state index is 0.0237. The first kappa shape index (κ1) is 24.8. The van der Waals surface area contributed by atoms with Crippen molar-refractivity contribution in [1.29, 1.82) is 0 Å². The van der Waals surface area contributed by atoms with Crippen LogP contribution in [-0.4, -0.2) is 41.8 Å². The molecule has 3 atom stereocenters. The summed E-state index contributed by atoms with van der Waals surface area (Å²) in [6.07, 6.45) is 3.94. The molecular formula is C28H34N2O5. The first-order valence-electron chi connectivity index (χ1n) is 12.6. The molecule has 7 heteroatoms. The van der Waals surface area contributed by atoms with Gasteiger partial charge in [0, 0.05) is 18.0 Å². The lowest BCUT2D eigenvalue weighted by Crippen LogP contribution is -2.50. The molecule has 3 N–H and O–H groups in total. The summed E-state index contributed by atoms with van der Waals surface area (Å²) in [4.78, 5) is 37.0. The highest BCUT2D eigenvalue weighted by Crippen LogP contribution is 2.44. The number of hydrogen-bond acceptors (Lipinski definition) is 4. The third kappa shape index (κ3) is 5.84. The van der Waals surface area contributed by atoms with Crippen LogP contribution in [0.1, 0.15) is 68.9 Å². The van der Waals surface area contributed by atoms with E-state index >= 15 is 0 Å². The van der Waals surface area contributed by atoms with E-state index < -0.39 is 24.0 Å². The van der Waals surface area contributed by atoms with E-state index in [2.05, 4.69) is 34.9 Å². The smallest absolute Gasteiger partial charge is 0.407 e. The molecule has 35 heavy (non-hydrogen) atoms. The Morgan fingerprint density at radius 3 is 2.26 bits per heavy atom. The van der Waals surface area contributed by atoms with E-state index in [9.17, 15) is 14.4 Å². The van der Waals surface area contributed by atoms with E-state index in [1.54, 1.807) is 0 Å². The van der Waals surface area contributed by atoms with Crippen molar-refractivity contribution in [2.75, 3.05) is 6.61 Å². The van der Waals surface area contributed by atoms with Gasteiger partial charge in [-0.3, -0.25) is 9.59 Å². The van der Waals surface area contributed by atoms with Crippen molar-refractivity contribution < 1.29 is 24.2 Å². The first-order valence-corrected chi connectivity index (χ1v) is 12.6. The lowest BCUT2D eigenvalue weighted by Gasteiger charge is -2.32. The second-order valence-corrected chi connectivity index (χ2v) is 9.56. The number of carboxylic acid groups (broad SMARTS) is 1. The summed E-state index contributed by atoms with van der Waals surface area (Å²) in [5.74, 6) is -1.53. The van der Waals surface area contributed by atoms with Crippen LogP contribution in [-0.2, 0) is 14.3 Å². The zero-order chi connectivity index (χ0) is 24.8. The number of aliphatic carboxylic acids is 1. The number of alkyl carbamates (subject to hydrolysis) is 1. The predicted octanol–water partition coefficient (Wildman–Crippen LogP) is 4.84. The van der Waals surface area contributed by atoms with Crippen LogP contribution in [0.15, 0.2) is 48.5 Å². The number of ether oxygens (including phenoxy) is 1. The van der Waals surface area contributed by atoms with Crippen LogP contribution >= 0.6 is 0 Å². The Morgan fingerprint density at radius 2 is 1.63 bits per heavy atom. The van der Waals surface area contributed by atoms with E-state index in [1.807, 2.05) is 31.2 Å². The van der Waals surface area contributed by atoms with Crippen molar-refractivity contribution in [2.45, 2.75) is 69.9 Å². The van der Waals surface area contributed by atoms with E-state index in [1.165, 1.54) is 11.1 Å². The first-order chi connectivity index (χ1) is 17.0. The van der Waals surface area contributed by atoms with Crippen molar-refractivity contribution in [3.8, 4) is 11.1 Å². The molecule has 2 amide bonds. The molecule has 1 saturated carbocycles. The van der Waals surface area contributed by atoms with Crippen LogP contribution in [0.25, 0.3) is 11.1 Å². The van der Waals surface area contributed by atoms with Crippen LogP contribution in [0.5, 0.6) is 0 Å². The number of carboxylic acids is 1. The minimum atomic E-state index is -0.930. The fourth-order valence-electron chi connectivity index (χ4n) is 5.50. The summed E-state index contributed by atoms with van der Waals surface area (Å²) in [6.45, 7) is 2.18. The van der Waals surface area contributed by atoms with Gasteiger partial charge in [0.2, 0.25) is 5.91 Å². The standard InChI is InChI=1S/C28H34N2O5/c1-2-9-18(16-26(31)32)29-27(33)23-14-7-8-15-25(23)30-28(34)35-17-24-21-12-5-3-10-19(21)20-11-4-6-13-22(20)24/h3-6,10-13,18,23-25H,2,7-9,14-17H2,1H3,(H,29,33)(H,30,34)(H,31,32)/t18-,23?,25?/m0/s1. The normalized spacial score (nSPS) is 19.8. The zero-order valence-corrected chi connectivity index (χ0v) is 20.2. The Hall–Kier alpha value is -3.35. The maximum atomic E-state index is 13.0. The highest BCUT2D eigenvalue weighted by Gasteiger charge is 2.34. The van der Waals surface area contributed by atoms with Crippen molar-refractivity contribution in [2.24, 2.45) is 5.92 Å². The maximum Gasteiger partial charge on any atom is 0.407 e. The van der Waals surface area contributed by atoms with E-state index in [0.29, 0.717) is 19.3 Å². The number of carbonyl (C=O) groups is 3. The zero-order valence-electron chi connectivity index (χ0n) is 20.2. The summed E-state index contributed by atoms with van der Waals surface area (Å²) in [5, 5.41) is 15.0. The summed E-state index contributed by atoms with van der Waals surface area (Å²) in [6, 6.07) is 15.6. The van der Waals surface area contributed by atoms with Crippen LogP contribution < -0.4 is 10.6 Å². The molecule has 2 aromatic rings. The average molecular weight is 479 g/mol. The van der Waals surface area contributed by atoms with Gasteiger partial charge in [-0.25, -0.2) is 4.79 Å². The second-order valence-electron chi connectivity index (χ2n) is 9.56. The number of amides is 2. The van der Waals surface area contributed by atoms with Gasteiger partial charge < -0.3 is 20.5 Å². The molecule has 0 spiro atoms. The summed E-state index contributed by atoms with van der Waals surface area (Å²) >= 11 is 0. The summed E-state index contributed by atoms with van der Waals surface area (Å²) in [5.41, 5.74) is 4.64. The molecule has 0 aliphatic heterocycles. The molecule has 0 radical (unpaired) electrons. The molecule has 4 rings (SSSR count). The largest absolute Gasteiger partial charge is 0.481 e. The third-order valence-electron chi connectivity index (χ3n) is 7.15. The summed E-state index contributed by atoms with van der Waals surface area (Å²) < 4.78 is 5.68. The quantitative estimate of drug-likeness (QED) is 0.478. The molecular weight excluding hydrogens is 444 g/mol. The SMILES string of the molecule is CCC[C@@H](CC(=O)O)NC(=O)C1CCCCC1NC(=O)OCC1c2ccccc2-c2ccccc21. The fourth-order valence-corrected chi connectivity index (χ4v) is 5.50. The van der Waals surface area contributed by atoms with E-state index in [0.717, 1.165) is 30.4 Å². The highest BCUT2D eigenvalue weighted by atomic mass is 16.5. The molecule has 1 fully saturated rings. The Labute approximate surface area is 206 Å². The van der Waals surface area contributed by atoms with Gasteiger partial charge >= 0.3 is 12.1 Å². The van der Waals surface area contributed by atoms with E-state index in [-0.39, 0.29) is 30.9 Å². The summed E-state index contributed by atoms with van der Waals surface area (Å²) in [7, 11) is 0. The van der Waals surface area contributed by atoms with Gasteiger partial charge in [0.15, 0.2) is 0 Å². The molecule has 0 bridgehead atoms. The number of fused-ring (bicyclic) bond motifs is 3. The molecule has 186 valence electrons. The Bertz CT molecular complexity index is 1020. The minimum Gasteiger partial charge on any atom is -0.481 e. The molecule has 2 aliphatic rings. The van der Waals surface area contributed by atoms with Gasteiger partial charge in [-0.1, -0.05) is 74.7 Å². The Morgan fingerprint density at radius 1 is 1.00 bits per heavy atom. The fraction of sp³-hybridized carbons (Fsp3) is 0.464. The lowest BCUT2D eigenvalue weighted by atomic mass is 9.83. The Balaban J connectivity index is 1.37. The molecule has 0 saturated heterocycles. The van der Waals surface area contributed by atoms with Gasteiger partial charge in [-0.15, -0.1) is 0 Å². The second kappa shape index (κ2) is 11.4. The maximum absolute atomic E-state index is 13.0. The van der Waals surface area contributed by atoms with Crippen LogP contribution in [0.2, 0.25) is 0 Å². The average Bonchev–Trinajstić information content (AvgIpc) is 3.16. The third-order valence-corrected chi connectivity index (χ3v) is 7.15. The monoisotopic (exact) mass is 478 g/mol. The van der Waals surface area contributed by atoms with Crippen LogP contribution in [0, 0.1) is 5.92 Å². The van der Waals surface area contributed by atoms with Gasteiger partial charge in [-0.05, 0) is 41.5 Å². The predicted molar refractivity (Wildman–Crippen MR) is 133 cm³/mol. The molecule has 2 aromatic carbocycles. The number of rotatable bonds is 9.